The summed E-state index contributed by atoms with van der Waals surface area (Å²) < 4.78 is 0. The van der Waals surface area contributed by atoms with Gasteiger partial charge in [0.15, 0.2) is 0 Å². The lowest BCUT2D eigenvalue weighted by atomic mass is 10.0. The second-order valence-corrected chi connectivity index (χ2v) is 5.95. The lowest BCUT2D eigenvalue weighted by molar-refractivity contribution is -0.123. The Balaban J connectivity index is 1.79. The minimum Gasteiger partial charge on any atom is -0.353 e. The molecular weight excluding hydrogens is 226 g/mol. The molecule has 4 nitrogen and oxygen atoms in total. The molecule has 2 heterocycles. The number of amides is 1. The van der Waals surface area contributed by atoms with Crippen LogP contribution in [0.25, 0.3) is 0 Å². The van der Waals surface area contributed by atoms with Gasteiger partial charge in [0.1, 0.15) is 0 Å². The van der Waals surface area contributed by atoms with E-state index in [0.717, 1.165) is 25.9 Å². The number of carbonyl (C=O) groups excluding carboxylic acids is 1. The van der Waals surface area contributed by atoms with Crippen LogP contribution in [0.3, 0.4) is 0 Å². The van der Waals surface area contributed by atoms with Gasteiger partial charge >= 0.3 is 0 Å². The average Bonchev–Trinajstić information content (AvgIpc) is 3.01. The smallest absolute Gasteiger partial charge is 0.237 e. The fraction of sp³-hybridized carbons (Fsp3) is 0.929. The van der Waals surface area contributed by atoms with Gasteiger partial charge in [-0.3, -0.25) is 9.69 Å². The Morgan fingerprint density at radius 2 is 2.06 bits per heavy atom. The third-order valence-electron chi connectivity index (χ3n) is 4.24. The van der Waals surface area contributed by atoms with Crippen molar-refractivity contribution in [2.45, 2.75) is 51.6 Å². The first-order chi connectivity index (χ1) is 8.68. The molecule has 2 fully saturated rings. The van der Waals surface area contributed by atoms with Crippen LogP contribution in [0.1, 0.15) is 39.5 Å². The molecule has 2 aliphatic heterocycles. The lowest BCUT2D eigenvalue weighted by Crippen LogP contribution is -2.49. The third kappa shape index (κ3) is 3.45. The van der Waals surface area contributed by atoms with E-state index in [-0.39, 0.29) is 11.9 Å². The highest BCUT2D eigenvalue weighted by Gasteiger charge is 2.27. The quantitative estimate of drug-likeness (QED) is 0.767. The normalized spacial score (nSPS) is 26.7. The predicted octanol–water partition coefficient (Wildman–Crippen LogP) is 0.975. The standard InChI is InChI=1S/C14H27N3O/c1-11(2)13(17-8-3-4-9-17)10-16-14(18)12-6-5-7-15-12/h11-13,15H,3-10H2,1-2H3,(H,16,18). The summed E-state index contributed by atoms with van der Waals surface area (Å²) in [6.45, 7) is 8.68. The van der Waals surface area contributed by atoms with Crippen molar-refractivity contribution in [3.63, 3.8) is 0 Å². The summed E-state index contributed by atoms with van der Waals surface area (Å²) in [7, 11) is 0. The van der Waals surface area contributed by atoms with Gasteiger partial charge in [0, 0.05) is 12.6 Å². The number of hydrogen-bond acceptors (Lipinski definition) is 3. The molecule has 0 radical (unpaired) electrons. The van der Waals surface area contributed by atoms with Crippen molar-refractivity contribution >= 4 is 5.91 Å². The summed E-state index contributed by atoms with van der Waals surface area (Å²) >= 11 is 0. The first kappa shape index (κ1) is 13.8. The number of carbonyl (C=O) groups is 1. The number of nitrogens with zero attached hydrogens (tertiary/aromatic N) is 1. The second kappa shape index (κ2) is 6.53. The molecule has 0 spiro atoms. The fourth-order valence-corrected chi connectivity index (χ4v) is 3.10. The molecule has 2 atom stereocenters. The van der Waals surface area contributed by atoms with E-state index in [2.05, 4.69) is 29.4 Å². The van der Waals surface area contributed by atoms with Crippen molar-refractivity contribution in [1.82, 2.24) is 15.5 Å². The number of hydrogen-bond donors (Lipinski definition) is 2. The molecule has 0 bridgehead atoms. The monoisotopic (exact) mass is 253 g/mol. The van der Waals surface area contributed by atoms with Gasteiger partial charge in [0.25, 0.3) is 0 Å². The van der Waals surface area contributed by atoms with E-state index in [9.17, 15) is 4.79 Å². The second-order valence-electron chi connectivity index (χ2n) is 5.95. The van der Waals surface area contributed by atoms with E-state index < -0.39 is 0 Å². The summed E-state index contributed by atoms with van der Waals surface area (Å²) in [6, 6.07) is 0.550. The molecule has 2 rings (SSSR count). The Labute approximate surface area is 110 Å². The Kier molecular flexibility index (Phi) is 5.01. The maximum absolute atomic E-state index is 12.0. The van der Waals surface area contributed by atoms with Gasteiger partial charge in [0.05, 0.1) is 6.04 Å². The zero-order chi connectivity index (χ0) is 13.0. The Bertz CT molecular complexity index is 268. The first-order valence-corrected chi connectivity index (χ1v) is 7.43. The van der Waals surface area contributed by atoms with E-state index in [1.165, 1.54) is 25.9 Å². The van der Waals surface area contributed by atoms with Crippen LogP contribution in [-0.2, 0) is 4.79 Å². The van der Waals surface area contributed by atoms with Gasteiger partial charge in [-0.05, 0) is 51.2 Å². The van der Waals surface area contributed by atoms with Crippen LogP contribution >= 0.6 is 0 Å². The van der Waals surface area contributed by atoms with Gasteiger partial charge in [0.2, 0.25) is 5.91 Å². The molecule has 2 N–H and O–H groups in total. The zero-order valence-electron chi connectivity index (χ0n) is 11.7. The number of likely N-dealkylation sites (tertiary alicyclic amines) is 1. The largest absolute Gasteiger partial charge is 0.353 e. The Hall–Kier alpha value is -0.610. The van der Waals surface area contributed by atoms with Crippen LogP contribution in [-0.4, -0.2) is 49.1 Å². The summed E-state index contributed by atoms with van der Waals surface area (Å²) in [6.07, 6.45) is 4.72. The van der Waals surface area contributed by atoms with Crippen molar-refractivity contribution in [3.05, 3.63) is 0 Å². The van der Waals surface area contributed by atoms with E-state index >= 15 is 0 Å². The molecule has 2 aliphatic rings. The number of rotatable bonds is 5. The molecule has 1 amide bonds. The first-order valence-electron chi connectivity index (χ1n) is 7.43. The SMILES string of the molecule is CC(C)C(CNC(=O)C1CCCN1)N1CCCC1. The van der Waals surface area contributed by atoms with Crippen LogP contribution in [0.5, 0.6) is 0 Å². The topological polar surface area (TPSA) is 44.4 Å². The molecule has 2 unspecified atom stereocenters. The zero-order valence-corrected chi connectivity index (χ0v) is 11.7. The summed E-state index contributed by atoms with van der Waals surface area (Å²) in [5, 5.41) is 6.39. The molecule has 18 heavy (non-hydrogen) atoms. The Morgan fingerprint density at radius 3 is 2.61 bits per heavy atom. The van der Waals surface area contributed by atoms with Crippen molar-refractivity contribution in [2.24, 2.45) is 5.92 Å². The van der Waals surface area contributed by atoms with Gasteiger partial charge in [-0.2, -0.15) is 0 Å². The van der Waals surface area contributed by atoms with Crippen LogP contribution in [0.15, 0.2) is 0 Å². The summed E-state index contributed by atoms with van der Waals surface area (Å²) in [4.78, 5) is 14.5. The molecule has 4 heteroatoms. The lowest BCUT2D eigenvalue weighted by Gasteiger charge is -2.31. The minimum atomic E-state index is 0.0522. The molecule has 0 aromatic rings. The predicted molar refractivity (Wildman–Crippen MR) is 73.5 cm³/mol. The van der Waals surface area contributed by atoms with Crippen LogP contribution in [0.4, 0.5) is 0 Å². The van der Waals surface area contributed by atoms with Gasteiger partial charge in [-0.1, -0.05) is 13.8 Å². The third-order valence-corrected chi connectivity index (χ3v) is 4.24. The summed E-state index contributed by atoms with van der Waals surface area (Å²) in [5.74, 6) is 0.789. The molecule has 0 aromatic heterocycles. The van der Waals surface area contributed by atoms with Gasteiger partial charge in [-0.15, -0.1) is 0 Å². The minimum absolute atomic E-state index is 0.0522. The van der Waals surface area contributed by atoms with E-state index in [0.29, 0.717) is 12.0 Å². The molecule has 0 aliphatic carbocycles. The maximum Gasteiger partial charge on any atom is 0.237 e. The molecule has 0 saturated carbocycles. The van der Waals surface area contributed by atoms with Crippen molar-refractivity contribution < 1.29 is 4.79 Å². The molecule has 2 saturated heterocycles. The molecular formula is C14H27N3O. The van der Waals surface area contributed by atoms with Crippen LogP contribution in [0.2, 0.25) is 0 Å². The Morgan fingerprint density at radius 1 is 1.33 bits per heavy atom. The highest BCUT2D eigenvalue weighted by molar-refractivity contribution is 5.82. The van der Waals surface area contributed by atoms with E-state index in [4.69, 9.17) is 0 Å². The average molecular weight is 253 g/mol. The maximum atomic E-state index is 12.0. The van der Waals surface area contributed by atoms with Gasteiger partial charge < -0.3 is 10.6 Å². The van der Waals surface area contributed by atoms with E-state index in [1.54, 1.807) is 0 Å². The van der Waals surface area contributed by atoms with Gasteiger partial charge in [-0.25, -0.2) is 0 Å². The van der Waals surface area contributed by atoms with Crippen LogP contribution in [0, 0.1) is 5.92 Å². The molecule has 104 valence electrons. The van der Waals surface area contributed by atoms with Crippen molar-refractivity contribution in [3.8, 4) is 0 Å². The van der Waals surface area contributed by atoms with Crippen molar-refractivity contribution in [2.75, 3.05) is 26.2 Å². The summed E-state index contributed by atoms with van der Waals surface area (Å²) in [5.41, 5.74) is 0. The molecule has 0 aromatic carbocycles. The van der Waals surface area contributed by atoms with Crippen LogP contribution < -0.4 is 10.6 Å². The fourth-order valence-electron chi connectivity index (χ4n) is 3.10. The highest BCUT2D eigenvalue weighted by atomic mass is 16.2. The number of nitrogens with one attached hydrogen (secondary N) is 2. The van der Waals surface area contributed by atoms with E-state index in [1.807, 2.05) is 0 Å². The van der Waals surface area contributed by atoms with Crippen molar-refractivity contribution in [1.29, 1.82) is 0 Å². The highest BCUT2D eigenvalue weighted by Crippen LogP contribution is 2.17.